The molecule has 0 amide bonds. The van der Waals surface area contributed by atoms with Gasteiger partial charge in [-0.25, -0.2) is 0 Å². The summed E-state index contributed by atoms with van der Waals surface area (Å²) in [6.45, 7) is 7.22. The molecule has 2 unspecified atom stereocenters. The van der Waals surface area contributed by atoms with Crippen molar-refractivity contribution in [3.63, 3.8) is 0 Å². The van der Waals surface area contributed by atoms with Crippen LogP contribution in [0.15, 0.2) is 0 Å². The van der Waals surface area contributed by atoms with Crippen molar-refractivity contribution < 1.29 is 5.11 Å². The number of aliphatic hydroxyl groups excluding tert-OH is 1. The van der Waals surface area contributed by atoms with E-state index in [0.717, 1.165) is 36.0 Å². The zero-order valence-corrected chi connectivity index (χ0v) is 22.5. The lowest BCUT2D eigenvalue weighted by molar-refractivity contribution is 0.0534. The molecule has 0 radical (unpaired) electrons. The summed E-state index contributed by atoms with van der Waals surface area (Å²) in [5.41, 5.74) is 0. The second-order valence-electron chi connectivity index (χ2n) is 11.9. The molecule has 0 aromatic heterocycles. The van der Waals surface area contributed by atoms with Crippen molar-refractivity contribution in [3.8, 4) is 0 Å². The predicted molar refractivity (Wildman–Crippen MR) is 139 cm³/mol. The summed E-state index contributed by atoms with van der Waals surface area (Å²) in [5.74, 6) is 6.33. The summed E-state index contributed by atoms with van der Waals surface area (Å²) in [5, 5.41) is 10.9. The first-order valence-corrected chi connectivity index (χ1v) is 15.0. The van der Waals surface area contributed by atoms with Crippen LogP contribution in [0.3, 0.4) is 0 Å². The van der Waals surface area contributed by atoms with Gasteiger partial charge in [-0.3, -0.25) is 0 Å². The summed E-state index contributed by atoms with van der Waals surface area (Å²) in [6.07, 6.45) is 22.4. The Labute approximate surface area is 202 Å². The Bertz CT molecular complexity index is 463. The first kappa shape index (κ1) is 25.3. The van der Waals surface area contributed by atoms with Crippen molar-refractivity contribution in [2.24, 2.45) is 41.4 Å². The molecule has 1 nitrogen and oxygen atoms in total. The molecular formula is C28H51IO. The van der Waals surface area contributed by atoms with Gasteiger partial charge in [0, 0.05) is 3.92 Å². The molecule has 0 saturated heterocycles. The fourth-order valence-corrected chi connectivity index (χ4v) is 7.48. The third-order valence-corrected chi connectivity index (χ3v) is 10.4. The van der Waals surface area contributed by atoms with E-state index in [4.69, 9.17) is 0 Å². The Morgan fingerprint density at radius 3 is 2.27 bits per heavy atom. The van der Waals surface area contributed by atoms with Gasteiger partial charge in [-0.05, 0) is 73.5 Å². The maximum Gasteiger partial charge on any atom is 0.0571 e. The molecule has 2 heteroatoms. The van der Waals surface area contributed by atoms with Crippen molar-refractivity contribution in [2.45, 2.75) is 134 Å². The zero-order chi connectivity index (χ0) is 21.5. The van der Waals surface area contributed by atoms with Crippen molar-refractivity contribution in [1.82, 2.24) is 0 Å². The number of hydrogen-bond acceptors (Lipinski definition) is 1. The lowest BCUT2D eigenvalue weighted by Gasteiger charge is -2.32. The molecule has 30 heavy (non-hydrogen) atoms. The summed E-state index contributed by atoms with van der Waals surface area (Å²) < 4.78 is 0.676. The molecule has 0 spiro atoms. The normalized spacial score (nSPS) is 34.3. The minimum atomic E-state index is -0.0541. The first-order valence-electron chi connectivity index (χ1n) is 13.8. The zero-order valence-electron chi connectivity index (χ0n) is 20.3. The number of aliphatic hydroxyl groups is 1. The van der Waals surface area contributed by atoms with E-state index in [1.807, 2.05) is 0 Å². The molecule has 0 heterocycles. The molecule has 3 aliphatic carbocycles. The molecule has 3 aliphatic rings. The highest BCUT2D eigenvalue weighted by atomic mass is 127. The lowest BCUT2D eigenvalue weighted by Crippen LogP contribution is -2.29. The second-order valence-corrected chi connectivity index (χ2v) is 13.9. The summed E-state index contributed by atoms with van der Waals surface area (Å²) in [7, 11) is 0. The minimum Gasteiger partial charge on any atom is -0.393 e. The van der Waals surface area contributed by atoms with Gasteiger partial charge >= 0.3 is 0 Å². The Hall–Kier alpha value is 0.690. The van der Waals surface area contributed by atoms with Crippen LogP contribution in [-0.2, 0) is 0 Å². The minimum absolute atomic E-state index is 0.0541. The van der Waals surface area contributed by atoms with Crippen molar-refractivity contribution in [1.29, 1.82) is 0 Å². The van der Waals surface area contributed by atoms with Crippen LogP contribution in [0.25, 0.3) is 0 Å². The van der Waals surface area contributed by atoms with Gasteiger partial charge in [0.05, 0.1) is 6.10 Å². The van der Waals surface area contributed by atoms with Gasteiger partial charge in [-0.15, -0.1) is 0 Å². The van der Waals surface area contributed by atoms with E-state index < -0.39 is 0 Å². The summed E-state index contributed by atoms with van der Waals surface area (Å²) in [6, 6.07) is 0. The predicted octanol–water partition coefficient (Wildman–Crippen LogP) is 8.81. The maximum atomic E-state index is 10.9. The summed E-state index contributed by atoms with van der Waals surface area (Å²) >= 11 is 2.62. The van der Waals surface area contributed by atoms with Gasteiger partial charge in [-0.1, -0.05) is 114 Å². The first-order chi connectivity index (χ1) is 14.4. The fraction of sp³-hybridized carbons (Fsp3) is 1.00. The average molecular weight is 531 g/mol. The van der Waals surface area contributed by atoms with Gasteiger partial charge < -0.3 is 5.11 Å². The van der Waals surface area contributed by atoms with Crippen LogP contribution in [0, 0.1) is 41.4 Å². The highest BCUT2D eigenvalue weighted by Gasteiger charge is 2.41. The molecule has 1 N–H and O–H groups in total. The monoisotopic (exact) mass is 530 g/mol. The molecule has 6 atom stereocenters. The molecule has 0 aromatic carbocycles. The van der Waals surface area contributed by atoms with E-state index in [9.17, 15) is 5.11 Å². The quantitative estimate of drug-likeness (QED) is 0.197. The third kappa shape index (κ3) is 8.23. The van der Waals surface area contributed by atoms with E-state index in [-0.39, 0.29) is 6.10 Å². The molecule has 3 saturated carbocycles. The molecular weight excluding hydrogens is 479 g/mol. The van der Waals surface area contributed by atoms with E-state index in [0.29, 0.717) is 15.8 Å². The number of rotatable bonds is 12. The maximum absolute atomic E-state index is 10.9. The highest BCUT2D eigenvalue weighted by Crippen LogP contribution is 2.51. The van der Waals surface area contributed by atoms with Gasteiger partial charge in [0.25, 0.3) is 0 Å². The molecule has 0 aliphatic heterocycles. The van der Waals surface area contributed by atoms with Crippen LogP contribution in [-0.4, -0.2) is 15.1 Å². The topological polar surface area (TPSA) is 20.2 Å². The van der Waals surface area contributed by atoms with Crippen LogP contribution >= 0.6 is 22.6 Å². The Kier molecular flexibility index (Phi) is 10.8. The van der Waals surface area contributed by atoms with Crippen molar-refractivity contribution >= 4 is 22.6 Å². The van der Waals surface area contributed by atoms with E-state index in [1.54, 1.807) is 19.3 Å². The van der Waals surface area contributed by atoms with Crippen LogP contribution in [0.2, 0.25) is 0 Å². The van der Waals surface area contributed by atoms with Crippen LogP contribution in [0.5, 0.6) is 0 Å². The van der Waals surface area contributed by atoms with Crippen LogP contribution in [0.4, 0.5) is 0 Å². The van der Waals surface area contributed by atoms with Gasteiger partial charge in [-0.2, -0.15) is 0 Å². The Morgan fingerprint density at radius 1 is 0.900 bits per heavy atom. The van der Waals surface area contributed by atoms with Crippen molar-refractivity contribution in [2.75, 3.05) is 0 Å². The van der Waals surface area contributed by atoms with Gasteiger partial charge in [0.15, 0.2) is 0 Å². The number of hydrogen-bond donors (Lipinski definition) is 1. The molecule has 3 rings (SSSR count). The number of halogens is 1. The van der Waals surface area contributed by atoms with Crippen molar-refractivity contribution in [3.05, 3.63) is 0 Å². The fourth-order valence-electron chi connectivity index (χ4n) is 6.82. The van der Waals surface area contributed by atoms with E-state index >= 15 is 0 Å². The number of alkyl halides is 1. The van der Waals surface area contributed by atoms with E-state index in [1.165, 1.54) is 77.0 Å². The smallest absolute Gasteiger partial charge is 0.0571 e. The highest BCUT2D eigenvalue weighted by molar-refractivity contribution is 14.1. The second kappa shape index (κ2) is 12.8. The lowest BCUT2D eigenvalue weighted by atomic mass is 9.77. The molecule has 176 valence electrons. The third-order valence-electron chi connectivity index (χ3n) is 9.33. The van der Waals surface area contributed by atoms with Crippen LogP contribution in [0.1, 0.15) is 124 Å². The van der Waals surface area contributed by atoms with Crippen LogP contribution < -0.4 is 0 Å². The average Bonchev–Trinajstić information content (AvgIpc) is 3.51. The Balaban J connectivity index is 1.28. The summed E-state index contributed by atoms with van der Waals surface area (Å²) in [4.78, 5) is 0. The standard InChI is InChI=1S/C28H51IO/c1-20(8-7-11-26-18-27(26)23-9-5-4-6-10-23)14-17-25(22(3)29)19-28(30)24-15-12-21(2)13-16-24/h20-28,30H,4-19H2,1-3H3/t20-,21?,22-,24?,25+,26?,27-,28?/m1/s1. The van der Waals surface area contributed by atoms with E-state index in [2.05, 4.69) is 43.4 Å². The SMILES string of the molecule is CC1CCC(C(O)C[C@H](CC[C@H](C)CCCC2C[C@@H]2C2CCCCC2)[C@@H](C)I)CC1. The molecule has 0 aromatic rings. The van der Waals surface area contributed by atoms with Gasteiger partial charge in [0.2, 0.25) is 0 Å². The molecule has 3 fully saturated rings. The molecule has 0 bridgehead atoms. The van der Waals surface area contributed by atoms with Gasteiger partial charge in [0.1, 0.15) is 0 Å². The Morgan fingerprint density at radius 2 is 1.60 bits per heavy atom. The largest absolute Gasteiger partial charge is 0.393 e.